The summed E-state index contributed by atoms with van der Waals surface area (Å²) >= 11 is 1.34. The monoisotopic (exact) mass is 376 g/mol. The zero-order valence-electron chi connectivity index (χ0n) is 14.7. The number of hydrogen-bond donors (Lipinski definition) is 0. The zero-order valence-corrected chi connectivity index (χ0v) is 15.5. The van der Waals surface area contributed by atoms with Gasteiger partial charge in [-0.1, -0.05) is 29.5 Å². The number of nitrogens with zero attached hydrogens (tertiary/aromatic N) is 6. The maximum Gasteiger partial charge on any atom is 0.279 e. The predicted octanol–water partition coefficient (Wildman–Crippen LogP) is 2.84. The molecule has 1 aliphatic heterocycles. The van der Waals surface area contributed by atoms with E-state index in [9.17, 15) is 4.79 Å². The number of aryl methyl sites for hydroxylation is 1. The lowest BCUT2D eigenvalue weighted by atomic mass is 10.1. The molecular weight excluding hydrogens is 360 g/mol. The summed E-state index contributed by atoms with van der Waals surface area (Å²) in [5, 5.41) is 10.4. The number of carbonyl (C=O) groups is 1. The molecule has 0 unspecified atom stereocenters. The molecule has 4 aromatic rings. The van der Waals surface area contributed by atoms with E-state index in [1.807, 2.05) is 43.3 Å². The number of carbonyl (C=O) groups excluding carboxylic acids is 1. The Balaban J connectivity index is 1.53. The molecular formula is C19H16N6OS. The molecule has 0 saturated carbocycles. The summed E-state index contributed by atoms with van der Waals surface area (Å²) in [6.45, 7) is 2.99. The van der Waals surface area contributed by atoms with Gasteiger partial charge in [0, 0.05) is 24.5 Å². The summed E-state index contributed by atoms with van der Waals surface area (Å²) in [5.41, 5.74) is 4.16. The van der Waals surface area contributed by atoms with Crippen molar-refractivity contribution in [1.29, 1.82) is 0 Å². The van der Waals surface area contributed by atoms with E-state index in [1.54, 1.807) is 15.8 Å². The lowest BCUT2D eigenvalue weighted by molar-refractivity contribution is 0.0971. The average molecular weight is 376 g/mol. The molecule has 0 atom stereocenters. The fourth-order valence-corrected chi connectivity index (χ4v) is 4.24. The molecule has 27 heavy (non-hydrogen) atoms. The predicted molar refractivity (Wildman–Crippen MR) is 103 cm³/mol. The molecule has 4 heterocycles. The maximum absolute atomic E-state index is 13.2. The largest absolute Gasteiger partial charge is 0.297 e. The minimum Gasteiger partial charge on any atom is -0.297 e. The lowest BCUT2D eigenvalue weighted by Gasteiger charge is -2.24. The van der Waals surface area contributed by atoms with Crippen LogP contribution in [0.1, 0.15) is 27.4 Å². The summed E-state index contributed by atoms with van der Waals surface area (Å²) in [6.07, 6.45) is 2.47. The van der Waals surface area contributed by atoms with Gasteiger partial charge in [-0.25, -0.2) is 4.68 Å². The van der Waals surface area contributed by atoms with E-state index in [0.29, 0.717) is 25.2 Å². The van der Waals surface area contributed by atoms with Crippen molar-refractivity contribution in [2.75, 3.05) is 11.4 Å². The molecule has 0 N–H and O–H groups in total. The van der Waals surface area contributed by atoms with Crippen LogP contribution in [0.3, 0.4) is 0 Å². The van der Waals surface area contributed by atoms with Crippen LogP contribution in [-0.4, -0.2) is 36.8 Å². The van der Waals surface area contributed by atoms with Crippen LogP contribution >= 0.6 is 11.5 Å². The highest BCUT2D eigenvalue weighted by atomic mass is 32.1. The third kappa shape index (κ3) is 2.69. The SMILES string of the molecule is Cc1cc(N2CCc3nnn(Cc4cccc5cccnc45)c3C2=O)sn1. The van der Waals surface area contributed by atoms with Gasteiger partial charge < -0.3 is 0 Å². The third-order valence-corrected chi connectivity index (χ3v) is 5.65. The average Bonchev–Trinajstić information content (AvgIpc) is 3.29. The van der Waals surface area contributed by atoms with Gasteiger partial charge in [0.1, 0.15) is 5.00 Å². The van der Waals surface area contributed by atoms with Crippen LogP contribution in [0.5, 0.6) is 0 Å². The van der Waals surface area contributed by atoms with Crippen LogP contribution in [0.2, 0.25) is 0 Å². The Bertz CT molecular complexity index is 1160. The van der Waals surface area contributed by atoms with Crippen molar-refractivity contribution in [3.8, 4) is 0 Å². The normalized spacial score (nSPS) is 14.0. The second-order valence-corrected chi connectivity index (χ2v) is 7.33. The van der Waals surface area contributed by atoms with Gasteiger partial charge in [-0.05, 0) is 36.2 Å². The number of pyridine rings is 1. The molecule has 0 fully saturated rings. The summed E-state index contributed by atoms with van der Waals surface area (Å²) in [5.74, 6) is -0.0712. The van der Waals surface area contributed by atoms with Crippen molar-refractivity contribution in [1.82, 2.24) is 24.4 Å². The molecule has 1 amide bonds. The Morgan fingerprint density at radius 3 is 2.96 bits per heavy atom. The number of rotatable bonds is 3. The van der Waals surface area contributed by atoms with Crippen molar-refractivity contribution in [3.05, 3.63) is 65.2 Å². The first-order chi connectivity index (χ1) is 13.2. The van der Waals surface area contributed by atoms with E-state index >= 15 is 0 Å². The first-order valence-corrected chi connectivity index (χ1v) is 9.48. The van der Waals surface area contributed by atoms with Crippen molar-refractivity contribution in [3.63, 3.8) is 0 Å². The topological polar surface area (TPSA) is 76.8 Å². The summed E-state index contributed by atoms with van der Waals surface area (Å²) in [6, 6.07) is 11.9. The highest BCUT2D eigenvalue weighted by molar-refractivity contribution is 7.10. The minimum absolute atomic E-state index is 0.0712. The van der Waals surface area contributed by atoms with Gasteiger partial charge in [-0.2, -0.15) is 4.37 Å². The smallest absolute Gasteiger partial charge is 0.279 e. The molecule has 0 bridgehead atoms. The van der Waals surface area contributed by atoms with Gasteiger partial charge >= 0.3 is 0 Å². The maximum atomic E-state index is 13.2. The van der Waals surface area contributed by atoms with Crippen LogP contribution in [0, 0.1) is 6.92 Å². The summed E-state index contributed by atoms with van der Waals surface area (Å²) < 4.78 is 5.99. The van der Waals surface area contributed by atoms with Crippen LogP contribution in [0.15, 0.2) is 42.6 Å². The van der Waals surface area contributed by atoms with Gasteiger partial charge in [0.15, 0.2) is 5.69 Å². The molecule has 0 radical (unpaired) electrons. The second kappa shape index (κ2) is 6.24. The third-order valence-electron chi connectivity index (χ3n) is 4.74. The van der Waals surface area contributed by atoms with Gasteiger partial charge in [0.05, 0.1) is 23.4 Å². The minimum atomic E-state index is -0.0712. The van der Waals surface area contributed by atoms with E-state index in [-0.39, 0.29) is 5.91 Å². The number of anilines is 1. The number of benzene rings is 1. The van der Waals surface area contributed by atoms with Gasteiger partial charge in [0.2, 0.25) is 0 Å². The van der Waals surface area contributed by atoms with E-state index in [1.165, 1.54) is 11.5 Å². The molecule has 1 aliphatic rings. The molecule has 7 nitrogen and oxygen atoms in total. The Morgan fingerprint density at radius 1 is 1.22 bits per heavy atom. The zero-order chi connectivity index (χ0) is 18.4. The number of para-hydroxylation sites is 1. The van der Waals surface area contributed by atoms with Crippen LogP contribution < -0.4 is 4.90 Å². The van der Waals surface area contributed by atoms with Crippen LogP contribution in [0.4, 0.5) is 5.00 Å². The first-order valence-electron chi connectivity index (χ1n) is 8.71. The first kappa shape index (κ1) is 16.1. The summed E-state index contributed by atoms with van der Waals surface area (Å²) in [4.78, 5) is 19.4. The molecule has 0 spiro atoms. The highest BCUT2D eigenvalue weighted by Crippen LogP contribution is 2.28. The van der Waals surface area contributed by atoms with Crippen LogP contribution in [0.25, 0.3) is 10.9 Å². The molecule has 0 aliphatic carbocycles. The number of hydrogen-bond acceptors (Lipinski definition) is 6. The molecule has 3 aromatic heterocycles. The number of amides is 1. The van der Waals surface area contributed by atoms with Gasteiger partial charge in [-0.3, -0.25) is 14.7 Å². The summed E-state index contributed by atoms with van der Waals surface area (Å²) in [7, 11) is 0. The van der Waals surface area contributed by atoms with E-state index in [0.717, 1.165) is 32.9 Å². The van der Waals surface area contributed by atoms with E-state index < -0.39 is 0 Å². The van der Waals surface area contributed by atoms with Crippen molar-refractivity contribution < 1.29 is 4.79 Å². The molecule has 1 aromatic carbocycles. The Kier molecular flexibility index (Phi) is 3.71. The van der Waals surface area contributed by atoms with Gasteiger partial charge in [0.25, 0.3) is 5.91 Å². The van der Waals surface area contributed by atoms with E-state index in [2.05, 4.69) is 19.7 Å². The number of aromatic nitrogens is 5. The Labute approximate surface area is 159 Å². The molecule has 134 valence electrons. The van der Waals surface area contributed by atoms with Crippen molar-refractivity contribution >= 4 is 33.3 Å². The Hall–Kier alpha value is -3.13. The standard InChI is InChI=1S/C19H16N6OS/c1-12-10-16(27-22-12)24-9-7-15-18(19(24)26)25(23-21-15)11-14-5-2-4-13-6-3-8-20-17(13)14/h2-6,8,10H,7,9,11H2,1H3. The molecule has 8 heteroatoms. The molecule has 0 saturated heterocycles. The van der Waals surface area contributed by atoms with Crippen molar-refractivity contribution in [2.24, 2.45) is 0 Å². The van der Waals surface area contributed by atoms with Gasteiger partial charge in [-0.15, -0.1) is 5.10 Å². The fraction of sp³-hybridized carbons (Fsp3) is 0.211. The van der Waals surface area contributed by atoms with Crippen LogP contribution in [-0.2, 0) is 13.0 Å². The quantitative estimate of drug-likeness (QED) is 0.549. The number of fused-ring (bicyclic) bond motifs is 2. The van der Waals surface area contributed by atoms with Crippen molar-refractivity contribution in [2.45, 2.75) is 19.9 Å². The molecule has 5 rings (SSSR count). The highest BCUT2D eigenvalue weighted by Gasteiger charge is 2.32. The second-order valence-electron chi connectivity index (χ2n) is 6.55. The Morgan fingerprint density at radius 2 is 2.11 bits per heavy atom. The fourth-order valence-electron chi connectivity index (χ4n) is 3.45. The lowest BCUT2D eigenvalue weighted by Crippen LogP contribution is -2.38. The van der Waals surface area contributed by atoms with E-state index in [4.69, 9.17) is 0 Å².